The van der Waals surface area contributed by atoms with Crippen molar-refractivity contribution in [2.45, 2.75) is 12.7 Å². The number of nitrogens with one attached hydrogen (secondary N) is 2. The van der Waals surface area contributed by atoms with Gasteiger partial charge in [-0.25, -0.2) is 0 Å². The molecule has 0 spiro atoms. The predicted octanol–water partition coefficient (Wildman–Crippen LogP) is 4.27. The Kier molecular flexibility index (Phi) is 5.92. The average Bonchev–Trinajstić information content (AvgIpc) is 2.53. The van der Waals surface area contributed by atoms with Crippen molar-refractivity contribution in [3.8, 4) is 0 Å². The number of hydrogen-bond acceptors (Lipinski definition) is 2. The largest absolute Gasteiger partial charge is 0.416 e. The maximum Gasteiger partial charge on any atom is 0.416 e. The van der Waals surface area contributed by atoms with E-state index in [1.54, 1.807) is 12.1 Å². The van der Waals surface area contributed by atoms with Crippen LogP contribution in [0.5, 0.6) is 0 Å². The Morgan fingerprint density at radius 2 is 1.72 bits per heavy atom. The number of hydrogen-bond donors (Lipinski definition) is 2. The zero-order valence-corrected chi connectivity index (χ0v) is 14.0. The molecule has 0 fully saturated rings. The summed E-state index contributed by atoms with van der Waals surface area (Å²) in [7, 11) is 0. The number of rotatable bonds is 3. The summed E-state index contributed by atoms with van der Waals surface area (Å²) < 4.78 is 37.9. The van der Waals surface area contributed by atoms with Gasteiger partial charge in [0.25, 0.3) is 0 Å². The number of alkyl halides is 3. The molecule has 2 aromatic carbocycles. The third-order valence-corrected chi connectivity index (χ3v) is 3.70. The summed E-state index contributed by atoms with van der Waals surface area (Å²) in [6, 6.07) is 8.60. The maximum absolute atomic E-state index is 12.6. The molecule has 0 bridgehead atoms. The van der Waals surface area contributed by atoms with E-state index in [-0.39, 0.29) is 12.2 Å². The normalized spacial score (nSPS) is 11.1. The highest BCUT2D eigenvalue weighted by Crippen LogP contribution is 2.30. The SMILES string of the molecule is O=C(NCc1ccc(Cl)cc1Cl)C(=O)Nc1cccc(C(F)(F)F)c1. The fraction of sp³-hybridized carbons (Fsp3) is 0.125. The van der Waals surface area contributed by atoms with Crippen molar-refractivity contribution in [2.24, 2.45) is 0 Å². The van der Waals surface area contributed by atoms with Gasteiger partial charge in [-0.3, -0.25) is 9.59 Å². The molecule has 0 saturated heterocycles. The number of benzene rings is 2. The van der Waals surface area contributed by atoms with Gasteiger partial charge in [0.05, 0.1) is 5.56 Å². The van der Waals surface area contributed by atoms with Crippen molar-refractivity contribution >= 4 is 40.7 Å². The van der Waals surface area contributed by atoms with Crippen LogP contribution in [-0.4, -0.2) is 11.8 Å². The molecule has 25 heavy (non-hydrogen) atoms. The molecule has 0 aliphatic rings. The lowest BCUT2D eigenvalue weighted by Crippen LogP contribution is -2.35. The van der Waals surface area contributed by atoms with Gasteiger partial charge in [-0.15, -0.1) is 0 Å². The third-order valence-electron chi connectivity index (χ3n) is 3.11. The second-order valence-electron chi connectivity index (χ2n) is 4.95. The fourth-order valence-corrected chi connectivity index (χ4v) is 2.36. The summed E-state index contributed by atoms with van der Waals surface area (Å²) in [5.74, 6) is -2.10. The van der Waals surface area contributed by atoms with Crippen molar-refractivity contribution < 1.29 is 22.8 Å². The first-order valence-corrected chi connectivity index (χ1v) is 7.63. The molecule has 0 saturated carbocycles. The van der Waals surface area contributed by atoms with Crippen molar-refractivity contribution in [3.63, 3.8) is 0 Å². The van der Waals surface area contributed by atoms with Gasteiger partial charge < -0.3 is 10.6 Å². The van der Waals surface area contributed by atoms with Crippen molar-refractivity contribution in [2.75, 3.05) is 5.32 Å². The van der Waals surface area contributed by atoms with Crippen LogP contribution in [-0.2, 0) is 22.3 Å². The minimum atomic E-state index is -4.55. The topological polar surface area (TPSA) is 58.2 Å². The Balaban J connectivity index is 1.98. The number of anilines is 1. The molecule has 2 aromatic rings. The Bertz CT molecular complexity index is 810. The molecular weight excluding hydrogens is 380 g/mol. The number of carbonyl (C=O) groups is 2. The van der Waals surface area contributed by atoms with Crippen LogP contribution in [0.4, 0.5) is 18.9 Å². The molecule has 0 radical (unpaired) electrons. The molecule has 0 aliphatic heterocycles. The van der Waals surface area contributed by atoms with Crippen molar-refractivity contribution in [1.82, 2.24) is 5.32 Å². The minimum absolute atomic E-state index is 0.0369. The molecule has 0 unspecified atom stereocenters. The number of halogens is 5. The van der Waals surface area contributed by atoms with Crippen LogP contribution in [0.25, 0.3) is 0 Å². The van der Waals surface area contributed by atoms with E-state index in [0.29, 0.717) is 15.6 Å². The predicted molar refractivity (Wildman–Crippen MR) is 88.4 cm³/mol. The second kappa shape index (κ2) is 7.76. The monoisotopic (exact) mass is 390 g/mol. The third kappa shape index (κ3) is 5.37. The summed E-state index contributed by atoms with van der Waals surface area (Å²) in [4.78, 5) is 23.5. The van der Waals surface area contributed by atoms with E-state index < -0.39 is 23.6 Å². The Morgan fingerprint density at radius 3 is 2.36 bits per heavy atom. The van der Waals surface area contributed by atoms with Gasteiger partial charge in [-0.05, 0) is 35.9 Å². The molecule has 4 nitrogen and oxygen atoms in total. The molecule has 9 heteroatoms. The molecule has 0 aliphatic carbocycles. The summed E-state index contributed by atoms with van der Waals surface area (Å²) >= 11 is 11.7. The van der Waals surface area contributed by atoms with Gasteiger partial charge in [-0.1, -0.05) is 35.3 Å². The molecule has 2 rings (SSSR count). The highest BCUT2D eigenvalue weighted by atomic mass is 35.5. The van der Waals surface area contributed by atoms with E-state index in [9.17, 15) is 22.8 Å². The van der Waals surface area contributed by atoms with E-state index in [2.05, 4.69) is 10.6 Å². The zero-order chi connectivity index (χ0) is 18.6. The van der Waals surface area contributed by atoms with E-state index in [4.69, 9.17) is 23.2 Å². The van der Waals surface area contributed by atoms with Crippen LogP contribution in [0.3, 0.4) is 0 Å². The van der Waals surface area contributed by atoms with Crippen LogP contribution >= 0.6 is 23.2 Å². The van der Waals surface area contributed by atoms with E-state index in [1.165, 1.54) is 12.1 Å². The van der Waals surface area contributed by atoms with Crippen LogP contribution < -0.4 is 10.6 Å². The maximum atomic E-state index is 12.6. The lowest BCUT2D eigenvalue weighted by molar-refractivity contribution is -0.137. The van der Waals surface area contributed by atoms with Gasteiger partial charge in [-0.2, -0.15) is 13.2 Å². The Hall–Kier alpha value is -2.25. The van der Waals surface area contributed by atoms with Gasteiger partial charge in [0.2, 0.25) is 0 Å². The van der Waals surface area contributed by atoms with Gasteiger partial charge in [0, 0.05) is 22.3 Å². The quantitative estimate of drug-likeness (QED) is 0.768. The first-order chi connectivity index (χ1) is 11.7. The Labute approximate surface area is 150 Å². The summed E-state index contributed by atoms with van der Waals surface area (Å²) in [6.07, 6.45) is -4.55. The van der Waals surface area contributed by atoms with Crippen LogP contribution in [0.15, 0.2) is 42.5 Å². The van der Waals surface area contributed by atoms with E-state index >= 15 is 0 Å². The summed E-state index contributed by atoms with van der Waals surface area (Å²) in [6.45, 7) is -0.0369. The highest BCUT2D eigenvalue weighted by Gasteiger charge is 2.30. The number of carbonyl (C=O) groups excluding carboxylic acids is 2. The van der Waals surface area contributed by atoms with Gasteiger partial charge in [0.15, 0.2) is 0 Å². The molecule has 2 N–H and O–H groups in total. The standard InChI is InChI=1S/C16H11Cl2F3N2O2/c17-11-5-4-9(13(18)7-11)8-22-14(24)15(25)23-12-3-1-2-10(6-12)16(19,20)21/h1-7H,8H2,(H,22,24)(H,23,25). The molecule has 0 aromatic heterocycles. The van der Waals surface area contributed by atoms with Gasteiger partial charge in [0.1, 0.15) is 0 Å². The van der Waals surface area contributed by atoms with Crippen molar-refractivity contribution in [3.05, 3.63) is 63.6 Å². The zero-order valence-electron chi connectivity index (χ0n) is 12.5. The molecule has 2 amide bonds. The van der Waals surface area contributed by atoms with Crippen LogP contribution in [0.2, 0.25) is 10.0 Å². The van der Waals surface area contributed by atoms with E-state index in [0.717, 1.165) is 18.2 Å². The van der Waals surface area contributed by atoms with Crippen LogP contribution in [0, 0.1) is 0 Å². The average molecular weight is 391 g/mol. The minimum Gasteiger partial charge on any atom is -0.344 e. The summed E-state index contributed by atoms with van der Waals surface area (Å²) in [5.41, 5.74) is -0.538. The molecular formula is C16H11Cl2F3N2O2. The smallest absolute Gasteiger partial charge is 0.344 e. The Morgan fingerprint density at radius 1 is 1.00 bits per heavy atom. The number of amides is 2. The highest BCUT2D eigenvalue weighted by molar-refractivity contribution is 6.39. The summed E-state index contributed by atoms with van der Waals surface area (Å²) in [5, 5.41) is 5.16. The first-order valence-electron chi connectivity index (χ1n) is 6.87. The molecule has 132 valence electrons. The lowest BCUT2D eigenvalue weighted by Gasteiger charge is -2.10. The van der Waals surface area contributed by atoms with Gasteiger partial charge >= 0.3 is 18.0 Å². The van der Waals surface area contributed by atoms with E-state index in [1.807, 2.05) is 0 Å². The molecule has 0 atom stereocenters. The lowest BCUT2D eigenvalue weighted by atomic mass is 10.2. The van der Waals surface area contributed by atoms with Crippen LogP contribution in [0.1, 0.15) is 11.1 Å². The fourth-order valence-electron chi connectivity index (χ4n) is 1.88. The molecule has 0 heterocycles. The van der Waals surface area contributed by atoms with Crippen molar-refractivity contribution in [1.29, 1.82) is 0 Å². The first kappa shape index (κ1) is 19.1. The second-order valence-corrected chi connectivity index (χ2v) is 5.79.